The van der Waals surface area contributed by atoms with Crippen molar-refractivity contribution in [1.29, 1.82) is 0 Å². The van der Waals surface area contributed by atoms with Gasteiger partial charge in [-0.1, -0.05) is 12.1 Å². The second-order valence-corrected chi connectivity index (χ2v) is 9.23. The quantitative estimate of drug-likeness (QED) is 0.361. The molecule has 168 valence electrons. The molecule has 1 N–H and O–H groups in total. The minimum absolute atomic E-state index is 0.223. The Morgan fingerprint density at radius 2 is 1.62 bits per heavy atom. The molecule has 1 saturated heterocycles. The normalized spacial score (nSPS) is 17.0. The van der Waals surface area contributed by atoms with E-state index in [1.54, 1.807) is 0 Å². The van der Waals surface area contributed by atoms with Gasteiger partial charge in [0.2, 0.25) is 0 Å². The van der Waals surface area contributed by atoms with E-state index in [9.17, 15) is 8.42 Å². The van der Waals surface area contributed by atoms with Crippen molar-refractivity contribution in [2.24, 2.45) is 0 Å². The summed E-state index contributed by atoms with van der Waals surface area (Å²) in [7, 11) is -0.974. The highest BCUT2D eigenvalue weighted by Crippen LogP contribution is 2.12. The Bertz CT molecular complexity index is 668. The van der Waals surface area contributed by atoms with Gasteiger partial charge in [-0.15, -0.1) is 5.10 Å². The number of ether oxygens (including phenoxy) is 3. The molecule has 1 aliphatic heterocycles. The van der Waals surface area contributed by atoms with Crippen LogP contribution in [-0.4, -0.2) is 106 Å². The zero-order valence-corrected chi connectivity index (χ0v) is 18.5. The summed E-state index contributed by atoms with van der Waals surface area (Å²) >= 11 is 0. The summed E-state index contributed by atoms with van der Waals surface area (Å²) in [6.45, 7) is 8.76. The van der Waals surface area contributed by atoms with Crippen LogP contribution in [0.2, 0.25) is 0 Å². The van der Waals surface area contributed by atoms with Crippen molar-refractivity contribution in [3.05, 3.63) is 11.4 Å². The first kappa shape index (κ1) is 24.2. The molecule has 10 nitrogen and oxygen atoms in total. The summed E-state index contributed by atoms with van der Waals surface area (Å²) in [4.78, 5) is 2.13. The lowest BCUT2D eigenvalue weighted by Crippen LogP contribution is -2.39. The van der Waals surface area contributed by atoms with Gasteiger partial charge in [-0.2, -0.15) is 0 Å². The van der Waals surface area contributed by atoms with E-state index in [4.69, 9.17) is 14.2 Å². The Morgan fingerprint density at radius 1 is 1.00 bits per heavy atom. The van der Waals surface area contributed by atoms with Crippen LogP contribution in [-0.2, 0) is 43.6 Å². The van der Waals surface area contributed by atoms with E-state index in [2.05, 4.69) is 27.5 Å². The first-order valence-corrected chi connectivity index (χ1v) is 12.1. The average molecular weight is 434 g/mol. The lowest BCUT2D eigenvalue weighted by molar-refractivity contribution is 0.0134. The van der Waals surface area contributed by atoms with Crippen LogP contribution in [0, 0.1) is 0 Å². The summed E-state index contributed by atoms with van der Waals surface area (Å²) in [6.07, 6.45) is 0.825. The van der Waals surface area contributed by atoms with Crippen molar-refractivity contribution in [3.8, 4) is 0 Å². The number of hydrogen-bond acceptors (Lipinski definition) is 9. The van der Waals surface area contributed by atoms with E-state index in [-0.39, 0.29) is 11.5 Å². The van der Waals surface area contributed by atoms with Gasteiger partial charge in [-0.25, -0.2) is 13.1 Å². The van der Waals surface area contributed by atoms with Crippen LogP contribution in [0.1, 0.15) is 18.3 Å². The smallest absolute Gasteiger partial charge is 0.152 e. The zero-order valence-electron chi connectivity index (χ0n) is 17.6. The van der Waals surface area contributed by atoms with E-state index in [1.165, 1.54) is 0 Å². The average Bonchev–Trinajstić information content (AvgIpc) is 3.09. The molecule has 0 atom stereocenters. The lowest BCUT2D eigenvalue weighted by Gasteiger charge is -2.25. The highest BCUT2D eigenvalue weighted by atomic mass is 32.2. The predicted molar refractivity (Wildman–Crippen MR) is 110 cm³/mol. The van der Waals surface area contributed by atoms with Crippen LogP contribution in [0.4, 0.5) is 0 Å². The zero-order chi connectivity index (χ0) is 21.0. The Morgan fingerprint density at radius 3 is 2.24 bits per heavy atom. The van der Waals surface area contributed by atoms with Gasteiger partial charge in [0.25, 0.3) is 0 Å². The second kappa shape index (κ2) is 13.2. The molecule has 1 aromatic rings. The van der Waals surface area contributed by atoms with Crippen LogP contribution >= 0.6 is 0 Å². The molecule has 1 aliphatic rings. The third kappa shape index (κ3) is 9.06. The molecule has 0 aromatic carbocycles. The fourth-order valence-electron chi connectivity index (χ4n) is 3.05. The van der Waals surface area contributed by atoms with Crippen LogP contribution < -0.4 is 5.32 Å². The van der Waals surface area contributed by atoms with E-state index < -0.39 is 9.84 Å². The maximum absolute atomic E-state index is 11.6. The number of sulfone groups is 1. The molecule has 1 fully saturated rings. The van der Waals surface area contributed by atoms with E-state index in [0.29, 0.717) is 65.8 Å². The number of likely N-dealkylation sites (N-methyl/N-ethyl adjacent to an activating group) is 1. The SMILES string of the molecule is CCc1c(CN2CCS(=O)(=O)CC2)nnn1CCOCCOCCOCCNC. The minimum Gasteiger partial charge on any atom is -0.378 e. The molecule has 0 radical (unpaired) electrons. The monoisotopic (exact) mass is 433 g/mol. The van der Waals surface area contributed by atoms with Crippen LogP contribution in [0.25, 0.3) is 0 Å². The van der Waals surface area contributed by atoms with Crippen LogP contribution in [0.3, 0.4) is 0 Å². The molecule has 2 heterocycles. The van der Waals surface area contributed by atoms with Crippen molar-refractivity contribution in [2.75, 3.05) is 77.8 Å². The summed E-state index contributed by atoms with van der Waals surface area (Å²) in [5, 5.41) is 11.6. The molecule has 0 unspecified atom stereocenters. The van der Waals surface area contributed by atoms with Gasteiger partial charge in [0.05, 0.1) is 69.1 Å². The summed E-state index contributed by atoms with van der Waals surface area (Å²) < 4.78 is 41.5. The second-order valence-electron chi connectivity index (χ2n) is 6.93. The molecule has 0 amide bonds. The Balaban J connectivity index is 1.61. The molecule has 1 aromatic heterocycles. The van der Waals surface area contributed by atoms with Gasteiger partial charge in [-0.3, -0.25) is 4.90 Å². The van der Waals surface area contributed by atoms with Gasteiger partial charge in [-0.05, 0) is 13.5 Å². The van der Waals surface area contributed by atoms with Gasteiger partial charge < -0.3 is 19.5 Å². The summed E-state index contributed by atoms with van der Waals surface area (Å²) in [5.74, 6) is 0.446. The number of aromatic nitrogens is 3. The number of nitrogens with zero attached hydrogens (tertiary/aromatic N) is 4. The first-order chi connectivity index (χ1) is 14.1. The van der Waals surface area contributed by atoms with Gasteiger partial charge >= 0.3 is 0 Å². The molecule has 0 aliphatic carbocycles. The largest absolute Gasteiger partial charge is 0.378 e. The highest BCUT2D eigenvalue weighted by Gasteiger charge is 2.23. The van der Waals surface area contributed by atoms with Crippen molar-refractivity contribution >= 4 is 9.84 Å². The summed E-state index contributed by atoms with van der Waals surface area (Å²) in [6, 6.07) is 0. The van der Waals surface area contributed by atoms with Gasteiger partial charge in [0, 0.05) is 26.2 Å². The maximum atomic E-state index is 11.6. The van der Waals surface area contributed by atoms with E-state index in [0.717, 1.165) is 24.4 Å². The summed E-state index contributed by atoms with van der Waals surface area (Å²) in [5.41, 5.74) is 2.01. The lowest BCUT2D eigenvalue weighted by atomic mass is 10.2. The fourth-order valence-corrected chi connectivity index (χ4v) is 4.32. The fraction of sp³-hybridized carbons (Fsp3) is 0.889. The molecule has 11 heteroatoms. The Hall–Kier alpha value is -1.11. The molecular weight excluding hydrogens is 398 g/mol. The van der Waals surface area contributed by atoms with Crippen LogP contribution in [0.5, 0.6) is 0 Å². The van der Waals surface area contributed by atoms with E-state index in [1.807, 2.05) is 11.7 Å². The van der Waals surface area contributed by atoms with Gasteiger partial charge in [0.15, 0.2) is 9.84 Å². The molecule has 29 heavy (non-hydrogen) atoms. The minimum atomic E-state index is -2.87. The number of hydrogen-bond donors (Lipinski definition) is 1. The van der Waals surface area contributed by atoms with E-state index >= 15 is 0 Å². The van der Waals surface area contributed by atoms with Crippen molar-refractivity contribution in [1.82, 2.24) is 25.2 Å². The molecular formula is C18H35N5O5S. The predicted octanol–water partition coefficient (Wildman–Crippen LogP) is -0.660. The van der Waals surface area contributed by atoms with Crippen molar-refractivity contribution in [2.45, 2.75) is 26.4 Å². The third-order valence-corrected chi connectivity index (χ3v) is 6.36. The van der Waals surface area contributed by atoms with Crippen LogP contribution in [0.15, 0.2) is 0 Å². The molecule has 0 saturated carbocycles. The standard InChI is InChI=1S/C18H35N5O5S/c1-3-18-17(16-22-6-14-29(24,25)15-7-22)20-21-23(18)5-9-27-11-13-28-12-10-26-8-4-19-2/h19H,3-16H2,1-2H3. The maximum Gasteiger partial charge on any atom is 0.152 e. The topological polar surface area (TPSA) is 108 Å². The molecule has 0 bridgehead atoms. The van der Waals surface area contributed by atoms with Crippen molar-refractivity contribution < 1.29 is 22.6 Å². The highest BCUT2D eigenvalue weighted by molar-refractivity contribution is 7.91. The van der Waals surface area contributed by atoms with Gasteiger partial charge in [0.1, 0.15) is 0 Å². The molecule has 0 spiro atoms. The number of nitrogens with one attached hydrogen (secondary N) is 1. The third-order valence-electron chi connectivity index (χ3n) is 4.75. The number of rotatable bonds is 15. The van der Waals surface area contributed by atoms with Crippen molar-refractivity contribution in [3.63, 3.8) is 0 Å². The molecule has 2 rings (SSSR count). The first-order valence-electron chi connectivity index (χ1n) is 10.3. The Kier molecular flexibility index (Phi) is 11.0. The Labute approximate surface area is 173 Å².